The standard InChI is InChI=1S/C49H93NO5/c1-4-7-10-13-16-19-21-22-23-24-25-26-28-30-33-36-39-42-49(54)55-45(40-37-34-31-18-15-12-9-6-3)43-48(53)50-46(44-51)47(52)41-38-35-32-29-27-20-17-14-11-8-5-2/h16,19,22-23,45-47,51-52H,4-15,17-18,20-21,24-44H2,1-3H3,(H,50,53)/b19-16-,23-22-. The van der Waals surface area contributed by atoms with Crippen LogP contribution in [-0.4, -0.2) is 46.9 Å². The van der Waals surface area contributed by atoms with Gasteiger partial charge in [-0.15, -0.1) is 0 Å². The van der Waals surface area contributed by atoms with Crippen LogP contribution in [0.2, 0.25) is 0 Å². The Balaban J connectivity index is 4.43. The van der Waals surface area contributed by atoms with Crippen molar-refractivity contribution in [3.05, 3.63) is 24.3 Å². The molecule has 0 aromatic rings. The van der Waals surface area contributed by atoms with Crippen LogP contribution in [0.5, 0.6) is 0 Å². The molecular formula is C49H93NO5. The Labute approximate surface area is 341 Å². The summed E-state index contributed by atoms with van der Waals surface area (Å²) in [6.07, 6.45) is 48.1. The van der Waals surface area contributed by atoms with E-state index in [-0.39, 0.29) is 24.9 Å². The van der Waals surface area contributed by atoms with Crippen LogP contribution in [0.4, 0.5) is 0 Å². The molecule has 55 heavy (non-hydrogen) atoms. The Kier molecular flexibility index (Phi) is 42.2. The fourth-order valence-corrected chi connectivity index (χ4v) is 7.34. The van der Waals surface area contributed by atoms with Crippen LogP contribution in [-0.2, 0) is 14.3 Å². The van der Waals surface area contributed by atoms with E-state index in [0.29, 0.717) is 19.3 Å². The summed E-state index contributed by atoms with van der Waals surface area (Å²) < 4.78 is 5.89. The molecule has 0 aliphatic carbocycles. The van der Waals surface area contributed by atoms with Crippen LogP contribution in [0.25, 0.3) is 0 Å². The maximum Gasteiger partial charge on any atom is 0.306 e. The van der Waals surface area contributed by atoms with Crippen molar-refractivity contribution in [3.8, 4) is 0 Å². The average Bonchev–Trinajstić information content (AvgIpc) is 3.18. The van der Waals surface area contributed by atoms with Gasteiger partial charge in [0.05, 0.1) is 25.2 Å². The van der Waals surface area contributed by atoms with E-state index in [1.165, 1.54) is 148 Å². The molecule has 0 aliphatic rings. The lowest BCUT2D eigenvalue weighted by Crippen LogP contribution is -2.46. The third-order valence-electron chi connectivity index (χ3n) is 11.0. The van der Waals surface area contributed by atoms with Crippen molar-refractivity contribution in [1.29, 1.82) is 0 Å². The van der Waals surface area contributed by atoms with Crippen molar-refractivity contribution in [1.82, 2.24) is 5.32 Å². The smallest absolute Gasteiger partial charge is 0.306 e. The van der Waals surface area contributed by atoms with E-state index in [0.717, 1.165) is 57.8 Å². The van der Waals surface area contributed by atoms with Crippen molar-refractivity contribution >= 4 is 11.9 Å². The normalized spacial score (nSPS) is 13.5. The molecule has 0 spiro atoms. The predicted octanol–water partition coefficient (Wildman–Crippen LogP) is 14.0. The van der Waals surface area contributed by atoms with Gasteiger partial charge < -0.3 is 20.3 Å². The van der Waals surface area contributed by atoms with E-state index < -0.39 is 18.2 Å². The fraction of sp³-hybridized carbons (Fsp3) is 0.878. The minimum atomic E-state index is -0.782. The molecule has 3 atom stereocenters. The van der Waals surface area contributed by atoms with Crippen LogP contribution in [0.1, 0.15) is 252 Å². The summed E-state index contributed by atoms with van der Waals surface area (Å²) in [5.41, 5.74) is 0. The SMILES string of the molecule is CCCCC/C=C\C/C=C\CCCCCCCCCC(=O)OC(CCCCCCCCCC)CC(=O)NC(CO)C(O)CCCCCCCCCCCCC. The predicted molar refractivity (Wildman–Crippen MR) is 236 cm³/mol. The van der Waals surface area contributed by atoms with E-state index in [9.17, 15) is 19.8 Å². The Hall–Kier alpha value is -1.66. The number of hydrogen-bond acceptors (Lipinski definition) is 5. The lowest BCUT2D eigenvalue weighted by atomic mass is 10.0. The lowest BCUT2D eigenvalue weighted by Gasteiger charge is -2.24. The molecule has 0 fully saturated rings. The highest BCUT2D eigenvalue weighted by Crippen LogP contribution is 2.18. The molecule has 1 amide bonds. The van der Waals surface area contributed by atoms with Gasteiger partial charge in [0, 0.05) is 6.42 Å². The van der Waals surface area contributed by atoms with Crippen molar-refractivity contribution < 1.29 is 24.5 Å². The van der Waals surface area contributed by atoms with Crippen LogP contribution in [0, 0.1) is 0 Å². The number of allylic oxidation sites excluding steroid dienone is 4. The number of carbonyl (C=O) groups is 2. The Bertz CT molecular complexity index is 873. The van der Waals surface area contributed by atoms with Crippen molar-refractivity contribution in [3.63, 3.8) is 0 Å². The Morgan fingerprint density at radius 1 is 0.527 bits per heavy atom. The van der Waals surface area contributed by atoms with Crippen molar-refractivity contribution in [2.75, 3.05) is 6.61 Å². The number of rotatable bonds is 43. The van der Waals surface area contributed by atoms with Gasteiger partial charge in [0.15, 0.2) is 0 Å². The number of amides is 1. The zero-order valence-electron chi connectivity index (χ0n) is 36.8. The maximum atomic E-state index is 13.1. The van der Waals surface area contributed by atoms with Crippen LogP contribution in [0.15, 0.2) is 24.3 Å². The molecule has 0 rings (SSSR count). The summed E-state index contributed by atoms with van der Waals surface area (Å²) >= 11 is 0. The lowest BCUT2D eigenvalue weighted by molar-refractivity contribution is -0.151. The van der Waals surface area contributed by atoms with Crippen molar-refractivity contribution in [2.45, 2.75) is 270 Å². The monoisotopic (exact) mass is 776 g/mol. The van der Waals surface area contributed by atoms with Gasteiger partial charge >= 0.3 is 5.97 Å². The van der Waals surface area contributed by atoms with E-state index in [2.05, 4.69) is 50.4 Å². The highest BCUT2D eigenvalue weighted by atomic mass is 16.5. The quantitative estimate of drug-likeness (QED) is 0.0326. The number of unbranched alkanes of at least 4 members (excludes halogenated alkanes) is 27. The summed E-state index contributed by atoms with van der Waals surface area (Å²) in [4.78, 5) is 26.0. The number of aliphatic hydroxyl groups excluding tert-OH is 2. The Morgan fingerprint density at radius 2 is 0.927 bits per heavy atom. The van der Waals surface area contributed by atoms with E-state index >= 15 is 0 Å². The molecule has 0 aromatic carbocycles. The van der Waals surface area contributed by atoms with Crippen LogP contribution < -0.4 is 5.32 Å². The number of ether oxygens (including phenoxy) is 1. The second kappa shape index (κ2) is 43.5. The highest BCUT2D eigenvalue weighted by Gasteiger charge is 2.24. The Morgan fingerprint density at radius 3 is 1.42 bits per heavy atom. The molecule has 0 saturated heterocycles. The number of carbonyl (C=O) groups excluding carboxylic acids is 2. The van der Waals surface area contributed by atoms with Crippen LogP contribution >= 0.6 is 0 Å². The van der Waals surface area contributed by atoms with Gasteiger partial charge in [-0.1, -0.05) is 206 Å². The number of esters is 1. The maximum absolute atomic E-state index is 13.1. The minimum Gasteiger partial charge on any atom is -0.462 e. The molecule has 3 unspecified atom stereocenters. The largest absolute Gasteiger partial charge is 0.462 e. The molecule has 324 valence electrons. The molecule has 0 aromatic heterocycles. The third kappa shape index (κ3) is 39.0. The fourth-order valence-electron chi connectivity index (χ4n) is 7.34. The van der Waals surface area contributed by atoms with Gasteiger partial charge in [-0.3, -0.25) is 9.59 Å². The number of nitrogens with one attached hydrogen (secondary N) is 1. The second-order valence-electron chi connectivity index (χ2n) is 16.5. The second-order valence-corrected chi connectivity index (χ2v) is 16.5. The molecule has 0 saturated carbocycles. The van der Waals surface area contributed by atoms with Gasteiger partial charge in [0.25, 0.3) is 0 Å². The molecule has 0 heterocycles. The van der Waals surface area contributed by atoms with Crippen LogP contribution in [0.3, 0.4) is 0 Å². The molecule has 6 nitrogen and oxygen atoms in total. The van der Waals surface area contributed by atoms with Gasteiger partial charge in [-0.25, -0.2) is 0 Å². The molecule has 0 bridgehead atoms. The summed E-state index contributed by atoms with van der Waals surface area (Å²) in [7, 11) is 0. The first-order valence-electron chi connectivity index (χ1n) is 24.1. The first-order chi connectivity index (χ1) is 27.0. The number of aliphatic hydroxyl groups is 2. The molecule has 0 aliphatic heterocycles. The highest BCUT2D eigenvalue weighted by molar-refractivity contribution is 5.77. The summed E-state index contributed by atoms with van der Waals surface area (Å²) in [5, 5.41) is 23.6. The zero-order chi connectivity index (χ0) is 40.3. The average molecular weight is 776 g/mol. The summed E-state index contributed by atoms with van der Waals surface area (Å²) in [6.45, 7) is 6.43. The topological polar surface area (TPSA) is 95.9 Å². The molecule has 6 heteroatoms. The molecule has 0 radical (unpaired) electrons. The van der Waals surface area contributed by atoms with Gasteiger partial charge in [-0.2, -0.15) is 0 Å². The summed E-state index contributed by atoms with van der Waals surface area (Å²) in [6, 6.07) is -0.695. The molecule has 3 N–H and O–H groups in total. The van der Waals surface area contributed by atoms with Gasteiger partial charge in [0.1, 0.15) is 6.10 Å². The van der Waals surface area contributed by atoms with Crippen molar-refractivity contribution in [2.24, 2.45) is 0 Å². The van der Waals surface area contributed by atoms with E-state index in [1.54, 1.807) is 0 Å². The van der Waals surface area contributed by atoms with Gasteiger partial charge in [-0.05, 0) is 57.8 Å². The minimum absolute atomic E-state index is 0.0782. The third-order valence-corrected chi connectivity index (χ3v) is 11.0. The molecular weight excluding hydrogens is 683 g/mol. The first-order valence-corrected chi connectivity index (χ1v) is 24.1. The number of hydrogen-bond donors (Lipinski definition) is 3. The van der Waals surface area contributed by atoms with Gasteiger partial charge in [0.2, 0.25) is 5.91 Å². The van der Waals surface area contributed by atoms with E-state index in [4.69, 9.17) is 4.74 Å². The summed E-state index contributed by atoms with van der Waals surface area (Å²) in [5.74, 6) is -0.477. The zero-order valence-corrected chi connectivity index (χ0v) is 36.8. The van der Waals surface area contributed by atoms with E-state index in [1.807, 2.05) is 0 Å². The first kappa shape index (κ1) is 53.3.